The van der Waals surface area contributed by atoms with Crippen molar-refractivity contribution in [1.29, 1.82) is 0 Å². The first-order valence-electron chi connectivity index (χ1n) is 5.98. The van der Waals surface area contributed by atoms with Crippen molar-refractivity contribution in [3.05, 3.63) is 22.1 Å². The second-order valence-corrected chi connectivity index (χ2v) is 5.01. The molecular formula is C12H19N3O2S. The van der Waals surface area contributed by atoms with E-state index >= 15 is 0 Å². The number of rotatable bonds is 6. The van der Waals surface area contributed by atoms with Crippen molar-refractivity contribution in [2.75, 3.05) is 12.3 Å². The number of nitrogens with zero attached hydrogens (tertiary/aromatic N) is 2. The van der Waals surface area contributed by atoms with Crippen molar-refractivity contribution in [2.45, 2.75) is 31.8 Å². The fraction of sp³-hybridized carbons (Fsp3) is 0.583. The van der Waals surface area contributed by atoms with Gasteiger partial charge in [-0.25, -0.2) is 4.98 Å². The fourth-order valence-electron chi connectivity index (χ4n) is 1.34. The smallest absolute Gasteiger partial charge is 0.254 e. The molecule has 1 N–H and O–H groups in total. The summed E-state index contributed by atoms with van der Waals surface area (Å²) in [5, 5.41) is 3.40. The molecule has 0 fully saturated rings. The Morgan fingerprint density at radius 2 is 2.28 bits per heavy atom. The van der Waals surface area contributed by atoms with Gasteiger partial charge in [-0.05, 0) is 13.3 Å². The van der Waals surface area contributed by atoms with E-state index in [9.17, 15) is 9.59 Å². The zero-order chi connectivity index (χ0) is 13.5. The summed E-state index contributed by atoms with van der Waals surface area (Å²) < 4.78 is 1.46. The minimum Gasteiger partial charge on any atom is -0.355 e. The largest absolute Gasteiger partial charge is 0.355 e. The van der Waals surface area contributed by atoms with E-state index < -0.39 is 0 Å². The van der Waals surface area contributed by atoms with E-state index in [0.29, 0.717) is 17.4 Å². The highest BCUT2D eigenvalue weighted by Crippen LogP contribution is 2.12. The number of aromatic nitrogens is 2. The van der Waals surface area contributed by atoms with Crippen LogP contribution in [0.4, 0.5) is 0 Å². The molecule has 0 unspecified atom stereocenters. The van der Waals surface area contributed by atoms with E-state index in [1.165, 1.54) is 22.4 Å². The van der Waals surface area contributed by atoms with E-state index in [4.69, 9.17) is 0 Å². The van der Waals surface area contributed by atoms with Gasteiger partial charge < -0.3 is 5.32 Å². The molecule has 0 aliphatic heterocycles. The van der Waals surface area contributed by atoms with Crippen molar-refractivity contribution in [2.24, 2.45) is 7.05 Å². The molecular weight excluding hydrogens is 250 g/mol. The average Bonchev–Trinajstić information content (AvgIpc) is 2.32. The molecule has 1 rings (SSSR count). The predicted molar refractivity (Wildman–Crippen MR) is 72.9 cm³/mol. The number of amides is 1. The summed E-state index contributed by atoms with van der Waals surface area (Å²) in [6.07, 6.45) is 2.04. The van der Waals surface area contributed by atoms with Crippen LogP contribution in [0.1, 0.15) is 25.5 Å². The highest BCUT2D eigenvalue weighted by atomic mass is 32.2. The summed E-state index contributed by atoms with van der Waals surface area (Å²) in [7, 11) is 1.66. The molecule has 18 heavy (non-hydrogen) atoms. The lowest BCUT2D eigenvalue weighted by Gasteiger charge is -2.07. The summed E-state index contributed by atoms with van der Waals surface area (Å²) >= 11 is 1.28. The fourth-order valence-corrected chi connectivity index (χ4v) is 2.20. The summed E-state index contributed by atoms with van der Waals surface area (Å²) in [6.45, 7) is 4.55. The molecule has 1 aromatic rings. The van der Waals surface area contributed by atoms with Crippen molar-refractivity contribution in [3.8, 4) is 0 Å². The molecule has 1 amide bonds. The predicted octanol–water partition coefficient (Wildman–Crippen LogP) is 1.10. The normalized spacial score (nSPS) is 10.4. The van der Waals surface area contributed by atoms with Gasteiger partial charge in [-0.2, -0.15) is 0 Å². The summed E-state index contributed by atoms with van der Waals surface area (Å²) in [5.41, 5.74) is 0.573. The van der Waals surface area contributed by atoms with E-state index in [1.54, 1.807) is 14.0 Å². The zero-order valence-corrected chi connectivity index (χ0v) is 11.8. The van der Waals surface area contributed by atoms with Gasteiger partial charge >= 0.3 is 0 Å². The van der Waals surface area contributed by atoms with Gasteiger partial charge in [-0.15, -0.1) is 0 Å². The average molecular weight is 269 g/mol. The third kappa shape index (κ3) is 4.52. The van der Waals surface area contributed by atoms with Crippen LogP contribution in [0.2, 0.25) is 0 Å². The van der Waals surface area contributed by atoms with Crippen LogP contribution in [0.5, 0.6) is 0 Å². The first-order valence-corrected chi connectivity index (χ1v) is 6.97. The Labute approximate surface area is 111 Å². The molecule has 5 nitrogen and oxygen atoms in total. The molecule has 6 heteroatoms. The minimum absolute atomic E-state index is 0.0239. The monoisotopic (exact) mass is 269 g/mol. The number of thioether (sulfide) groups is 1. The van der Waals surface area contributed by atoms with Crippen molar-refractivity contribution < 1.29 is 4.79 Å². The summed E-state index contributed by atoms with van der Waals surface area (Å²) in [6, 6.07) is 1.48. The van der Waals surface area contributed by atoms with Crippen molar-refractivity contribution >= 4 is 17.7 Å². The van der Waals surface area contributed by atoms with Gasteiger partial charge in [0, 0.05) is 25.4 Å². The molecule has 0 spiro atoms. The van der Waals surface area contributed by atoms with E-state index in [1.807, 2.05) is 0 Å². The van der Waals surface area contributed by atoms with E-state index in [2.05, 4.69) is 17.2 Å². The van der Waals surface area contributed by atoms with Gasteiger partial charge in [0.2, 0.25) is 5.91 Å². The molecule has 0 radical (unpaired) electrons. The lowest BCUT2D eigenvalue weighted by Crippen LogP contribution is -2.27. The highest BCUT2D eigenvalue weighted by Gasteiger charge is 2.07. The Balaban J connectivity index is 2.53. The summed E-state index contributed by atoms with van der Waals surface area (Å²) in [5.74, 6) is 0.261. The maximum absolute atomic E-state index is 11.5. The van der Waals surface area contributed by atoms with Crippen LogP contribution in [-0.4, -0.2) is 27.8 Å². The van der Waals surface area contributed by atoms with E-state index in [-0.39, 0.29) is 17.2 Å². The topological polar surface area (TPSA) is 64.0 Å². The van der Waals surface area contributed by atoms with Gasteiger partial charge in [0.05, 0.1) is 5.75 Å². The third-order valence-electron chi connectivity index (χ3n) is 2.41. The molecule has 0 saturated carbocycles. The van der Waals surface area contributed by atoms with Crippen LogP contribution >= 0.6 is 11.8 Å². The van der Waals surface area contributed by atoms with E-state index in [0.717, 1.165) is 12.8 Å². The summed E-state index contributed by atoms with van der Waals surface area (Å²) in [4.78, 5) is 27.3. The van der Waals surface area contributed by atoms with Gasteiger partial charge in [0.15, 0.2) is 5.16 Å². The molecule has 1 aromatic heterocycles. The molecule has 0 aliphatic rings. The van der Waals surface area contributed by atoms with Gasteiger partial charge in [0.25, 0.3) is 5.56 Å². The SMILES string of the molecule is CCCCNC(=O)CSc1nc(C)cc(=O)n1C. The molecule has 0 aromatic carbocycles. The maximum atomic E-state index is 11.5. The van der Waals surface area contributed by atoms with Crippen LogP contribution in [0.15, 0.2) is 16.0 Å². The van der Waals surface area contributed by atoms with Crippen LogP contribution in [0.3, 0.4) is 0 Å². The molecule has 100 valence electrons. The first-order chi connectivity index (χ1) is 8.54. The maximum Gasteiger partial charge on any atom is 0.254 e. The Bertz CT molecular complexity index is 471. The third-order valence-corrected chi connectivity index (χ3v) is 3.44. The van der Waals surface area contributed by atoms with Crippen LogP contribution in [0, 0.1) is 6.92 Å². The molecule has 0 atom stereocenters. The lowest BCUT2D eigenvalue weighted by atomic mass is 10.3. The van der Waals surface area contributed by atoms with Crippen molar-refractivity contribution in [1.82, 2.24) is 14.9 Å². The Morgan fingerprint density at radius 3 is 2.94 bits per heavy atom. The number of hydrogen-bond donors (Lipinski definition) is 1. The Hall–Kier alpha value is -1.30. The minimum atomic E-state index is -0.101. The number of carbonyl (C=O) groups excluding carboxylic acids is 1. The lowest BCUT2D eigenvalue weighted by molar-refractivity contribution is -0.118. The van der Waals surface area contributed by atoms with Crippen LogP contribution < -0.4 is 10.9 Å². The number of aryl methyl sites for hydroxylation is 1. The van der Waals surface area contributed by atoms with Crippen LogP contribution in [-0.2, 0) is 11.8 Å². The quantitative estimate of drug-likeness (QED) is 0.477. The van der Waals surface area contributed by atoms with Gasteiger partial charge in [0.1, 0.15) is 0 Å². The standard InChI is InChI=1S/C12H19N3O2S/c1-4-5-6-13-10(16)8-18-12-14-9(2)7-11(17)15(12)3/h7H,4-6,8H2,1-3H3,(H,13,16). The second kappa shape index (κ2) is 7.20. The van der Waals surface area contributed by atoms with Gasteiger partial charge in [-0.1, -0.05) is 25.1 Å². The first kappa shape index (κ1) is 14.8. The highest BCUT2D eigenvalue weighted by molar-refractivity contribution is 7.99. The Kier molecular flexibility index (Phi) is 5.91. The number of hydrogen-bond acceptors (Lipinski definition) is 4. The number of unbranched alkanes of at least 4 members (excludes halogenated alkanes) is 1. The van der Waals surface area contributed by atoms with Gasteiger partial charge in [-0.3, -0.25) is 14.2 Å². The zero-order valence-electron chi connectivity index (χ0n) is 11.0. The van der Waals surface area contributed by atoms with Crippen molar-refractivity contribution in [3.63, 3.8) is 0 Å². The molecule has 0 bridgehead atoms. The molecule has 0 saturated heterocycles. The number of carbonyl (C=O) groups is 1. The molecule has 1 heterocycles. The number of nitrogens with one attached hydrogen (secondary N) is 1. The Morgan fingerprint density at radius 1 is 1.56 bits per heavy atom. The molecule has 0 aliphatic carbocycles. The van der Waals surface area contributed by atoms with Crippen LogP contribution in [0.25, 0.3) is 0 Å². The second-order valence-electron chi connectivity index (χ2n) is 4.07.